The summed E-state index contributed by atoms with van der Waals surface area (Å²) in [6, 6.07) is 0. The van der Waals surface area contributed by atoms with Crippen molar-refractivity contribution in [3.05, 3.63) is 12.7 Å². The first-order valence-corrected chi connectivity index (χ1v) is 7.85. The molecule has 0 aromatic heterocycles. The highest BCUT2D eigenvalue weighted by atomic mass is 33.2. The number of carboxylic acid groups (broad SMARTS) is 1. The van der Waals surface area contributed by atoms with Gasteiger partial charge in [-0.15, -0.1) is 6.58 Å². The van der Waals surface area contributed by atoms with Crippen molar-refractivity contribution in [3.63, 3.8) is 0 Å². The second-order valence-corrected chi connectivity index (χ2v) is 6.69. The van der Waals surface area contributed by atoms with Crippen LogP contribution < -0.4 is 0 Å². The molecule has 0 spiro atoms. The Kier molecular flexibility index (Phi) is 17.3. The maximum Gasteiger partial charge on any atom is 0.309 e. The normalized spacial score (nSPS) is 8.67. The Labute approximate surface area is 114 Å². The van der Waals surface area contributed by atoms with Gasteiger partial charge < -0.3 is 5.11 Å². The van der Waals surface area contributed by atoms with Gasteiger partial charge in [0.1, 0.15) is 0 Å². The Morgan fingerprint density at radius 1 is 1.47 bits per heavy atom. The molecule has 0 radical (unpaired) electrons. The Balaban J connectivity index is -0.000000249. The maximum absolute atomic E-state index is 10.5. The zero-order valence-electron chi connectivity index (χ0n) is 8.69. The van der Waals surface area contributed by atoms with Gasteiger partial charge in [0.15, 0.2) is 0 Å². The van der Waals surface area contributed by atoms with E-state index in [1.165, 1.54) is 17.8 Å². The highest BCUT2D eigenvalue weighted by molar-refractivity contribution is 8.51. The molecule has 0 rings (SSSR count). The molecule has 0 aliphatic carbocycles. The van der Waals surface area contributed by atoms with Gasteiger partial charge in [-0.3, -0.25) is 4.79 Å². The summed E-state index contributed by atoms with van der Waals surface area (Å²) in [5, 5.41) is 8.63. The Hall–Kier alpha value is 0.440. The van der Waals surface area contributed by atoms with Gasteiger partial charge >= 0.3 is 5.97 Å². The molecule has 7 heteroatoms. The van der Waals surface area contributed by atoms with Crippen LogP contribution in [0, 0.1) is 5.41 Å². The van der Waals surface area contributed by atoms with E-state index in [1.54, 1.807) is 19.9 Å². The number of aliphatic carboxylic acids is 1. The fourth-order valence-corrected chi connectivity index (χ4v) is 0.570. The second kappa shape index (κ2) is 12.5. The summed E-state index contributed by atoms with van der Waals surface area (Å²) in [5.41, 5.74) is -0.603. The molecule has 2 nitrogen and oxygen atoms in total. The van der Waals surface area contributed by atoms with Crippen LogP contribution in [0.1, 0.15) is 26.7 Å². The lowest BCUT2D eigenvalue weighted by molar-refractivity contribution is -0.147. The van der Waals surface area contributed by atoms with Crippen LogP contribution in [0.4, 0.5) is 0 Å². The third-order valence-corrected chi connectivity index (χ3v) is 3.80. The number of carboxylic acids is 1. The molecule has 0 bridgehead atoms. The van der Waals surface area contributed by atoms with Crippen LogP contribution in [-0.4, -0.2) is 11.1 Å². The highest BCUT2D eigenvalue weighted by Gasteiger charge is 2.25. The third-order valence-electron chi connectivity index (χ3n) is 1.58. The Morgan fingerprint density at radius 2 is 1.87 bits per heavy atom. The van der Waals surface area contributed by atoms with Gasteiger partial charge in [0.2, 0.25) is 0 Å². The summed E-state index contributed by atoms with van der Waals surface area (Å²) in [5.74, 6) is -0.741. The SMILES string of the molecule is C=CCCC(C)(C)C(=O)O.S.S=S=S=S. The summed E-state index contributed by atoms with van der Waals surface area (Å²) < 4.78 is 0. The third kappa shape index (κ3) is 14.4. The van der Waals surface area contributed by atoms with Crippen LogP contribution in [0.2, 0.25) is 0 Å². The van der Waals surface area contributed by atoms with Gasteiger partial charge in [-0.05, 0) is 26.7 Å². The Bertz CT molecular complexity index is 254. The lowest BCUT2D eigenvalue weighted by Gasteiger charge is -2.16. The number of carbonyl (C=O) groups is 1. The minimum absolute atomic E-state index is 0. The fraction of sp³-hybridized carbons (Fsp3) is 0.625. The topological polar surface area (TPSA) is 37.3 Å². The first-order chi connectivity index (χ1) is 6.42. The summed E-state index contributed by atoms with van der Waals surface area (Å²) >= 11 is 8.66. The lowest BCUT2D eigenvalue weighted by Crippen LogP contribution is -2.22. The van der Waals surface area contributed by atoms with Crippen molar-refractivity contribution >= 4 is 59.6 Å². The lowest BCUT2D eigenvalue weighted by atomic mass is 9.88. The largest absolute Gasteiger partial charge is 0.481 e. The summed E-state index contributed by atoms with van der Waals surface area (Å²) in [6.45, 7) is 6.97. The summed E-state index contributed by atoms with van der Waals surface area (Å²) in [4.78, 5) is 10.5. The van der Waals surface area contributed by atoms with Crippen molar-refractivity contribution in [2.45, 2.75) is 26.7 Å². The smallest absolute Gasteiger partial charge is 0.309 e. The maximum atomic E-state index is 10.5. The molecular weight excluding hydrogens is 288 g/mol. The summed E-state index contributed by atoms with van der Waals surface area (Å²) in [7, 11) is 2.34. The monoisotopic (exact) mass is 304 g/mol. The van der Waals surface area contributed by atoms with E-state index in [2.05, 4.69) is 29.0 Å². The van der Waals surface area contributed by atoms with Gasteiger partial charge in [-0.25, -0.2) is 0 Å². The van der Waals surface area contributed by atoms with E-state index >= 15 is 0 Å². The molecular formula is C8H16O2S5. The fourth-order valence-electron chi connectivity index (χ4n) is 0.570. The van der Waals surface area contributed by atoms with E-state index in [0.717, 1.165) is 6.42 Å². The van der Waals surface area contributed by atoms with Crippen molar-refractivity contribution in [2.75, 3.05) is 0 Å². The van der Waals surface area contributed by atoms with Gasteiger partial charge in [0.05, 0.1) is 5.41 Å². The van der Waals surface area contributed by atoms with E-state index in [9.17, 15) is 4.79 Å². The predicted molar refractivity (Wildman–Crippen MR) is 80.7 cm³/mol. The van der Waals surface area contributed by atoms with Crippen LogP contribution >= 0.6 is 13.5 Å². The average molecular weight is 305 g/mol. The number of allylic oxidation sites excluding steroid dienone is 1. The molecule has 0 unspecified atom stereocenters. The van der Waals surface area contributed by atoms with Gasteiger partial charge in [0, 0.05) is 40.1 Å². The molecule has 90 valence electrons. The number of hydrogen-bond donors (Lipinski definition) is 1. The van der Waals surface area contributed by atoms with Crippen LogP contribution in [0.15, 0.2) is 12.7 Å². The highest BCUT2D eigenvalue weighted by Crippen LogP contribution is 2.22. The molecule has 0 aliphatic heterocycles. The molecule has 0 atom stereocenters. The van der Waals surface area contributed by atoms with Crippen molar-refractivity contribution in [1.82, 2.24) is 0 Å². The zero-order valence-corrected chi connectivity index (χ0v) is 13.0. The average Bonchev–Trinajstić information content (AvgIpc) is 2.15. The van der Waals surface area contributed by atoms with E-state index < -0.39 is 11.4 Å². The quantitative estimate of drug-likeness (QED) is 0.808. The first kappa shape index (κ1) is 20.8. The van der Waals surface area contributed by atoms with Crippen LogP contribution in [-0.2, 0) is 44.9 Å². The molecule has 0 saturated carbocycles. The molecule has 15 heavy (non-hydrogen) atoms. The molecule has 0 aromatic rings. The van der Waals surface area contributed by atoms with Gasteiger partial charge in [-0.2, -0.15) is 13.5 Å². The van der Waals surface area contributed by atoms with E-state index in [-0.39, 0.29) is 13.5 Å². The van der Waals surface area contributed by atoms with Gasteiger partial charge in [0.25, 0.3) is 0 Å². The van der Waals surface area contributed by atoms with Crippen LogP contribution in [0.25, 0.3) is 0 Å². The standard InChI is InChI=1S/C8H14O2.S4.H2S/c1-4-5-6-8(2,3)7(9)10;1-3-4-2;/h4H,1,5-6H2,2-3H3,(H,9,10);;1H2. The van der Waals surface area contributed by atoms with Crippen molar-refractivity contribution in [1.29, 1.82) is 0 Å². The van der Waals surface area contributed by atoms with E-state index in [0.29, 0.717) is 6.42 Å². The minimum atomic E-state index is -0.741. The Morgan fingerprint density at radius 3 is 2.07 bits per heavy atom. The molecule has 0 aliphatic rings. The molecule has 1 N–H and O–H groups in total. The summed E-state index contributed by atoms with van der Waals surface area (Å²) in [6.07, 6.45) is 3.16. The first-order valence-electron chi connectivity index (χ1n) is 3.85. The van der Waals surface area contributed by atoms with Gasteiger partial charge in [-0.1, -0.05) is 6.08 Å². The molecule has 0 heterocycles. The van der Waals surface area contributed by atoms with E-state index in [1.807, 2.05) is 0 Å². The molecule has 0 aromatic carbocycles. The predicted octanol–water partition coefficient (Wildman–Crippen LogP) is 2.17. The van der Waals surface area contributed by atoms with Crippen LogP contribution in [0.5, 0.6) is 0 Å². The molecule has 0 amide bonds. The van der Waals surface area contributed by atoms with Crippen LogP contribution in [0.3, 0.4) is 0 Å². The molecule has 0 saturated heterocycles. The van der Waals surface area contributed by atoms with Crippen molar-refractivity contribution < 1.29 is 9.90 Å². The zero-order chi connectivity index (χ0) is 11.6. The second-order valence-electron chi connectivity index (χ2n) is 3.15. The molecule has 0 fully saturated rings. The van der Waals surface area contributed by atoms with Crippen molar-refractivity contribution in [3.8, 4) is 0 Å². The minimum Gasteiger partial charge on any atom is -0.481 e. The van der Waals surface area contributed by atoms with Crippen molar-refractivity contribution in [2.24, 2.45) is 5.41 Å². The number of hydrogen-bond acceptors (Lipinski definition) is 3. The van der Waals surface area contributed by atoms with E-state index in [4.69, 9.17) is 5.11 Å². The number of rotatable bonds is 4.